The Balaban J connectivity index is 1.55. The summed E-state index contributed by atoms with van der Waals surface area (Å²) >= 11 is 0. The third-order valence-electron chi connectivity index (χ3n) is 4.15. The quantitative estimate of drug-likeness (QED) is 0.639. The molecule has 0 aromatic rings. The first-order valence-electron chi connectivity index (χ1n) is 8.72. The Kier molecular flexibility index (Phi) is 6.69. The first-order valence-corrected chi connectivity index (χ1v) is 10.5. The number of amides is 1. The van der Waals surface area contributed by atoms with Crippen molar-refractivity contribution in [3.05, 3.63) is 0 Å². The molecule has 0 atom stereocenters. The molecule has 1 saturated carbocycles. The number of ether oxygens (including phenoxy) is 2. The molecule has 1 amide bonds. The molecule has 146 valence electrons. The molecule has 1 aliphatic heterocycles. The number of carbonyl (C=O) groups is 1. The maximum Gasteiger partial charge on any atom is 0.410 e. The zero-order valence-electron chi connectivity index (χ0n) is 15.6. The lowest BCUT2D eigenvalue weighted by molar-refractivity contribution is -0.0646. The highest BCUT2D eigenvalue weighted by molar-refractivity contribution is 7.86. The standard InChI is InChI=1S/C16H30N2O6S/c1-16(2,3)23-15(19)18-7-5-17(6-8-18)9-10-22-13-11-14(12-13)24-25(4,20)21/h13-14H,5-12H2,1-4H3. The van der Waals surface area contributed by atoms with Gasteiger partial charge in [0, 0.05) is 45.6 Å². The predicted octanol–water partition coefficient (Wildman–Crippen LogP) is 1.06. The van der Waals surface area contributed by atoms with Crippen molar-refractivity contribution in [3.8, 4) is 0 Å². The van der Waals surface area contributed by atoms with Gasteiger partial charge in [-0.25, -0.2) is 4.79 Å². The Morgan fingerprint density at radius 2 is 1.68 bits per heavy atom. The second-order valence-electron chi connectivity index (χ2n) is 7.70. The fourth-order valence-corrected chi connectivity index (χ4v) is 3.46. The van der Waals surface area contributed by atoms with E-state index in [1.807, 2.05) is 20.8 Å². The van der Waals surface area contributed by atoms with Crippen molar-refractivity contribution in [2.75, 3.05) is 45.6 Å². The molecular weight excluding hydrogens is 348 g/mol. The summed E-state index contributed by atoms with van der Waals surface area (Å²) in [5, 5.41) is 0. The van der Waals surface area contributed by atoms with Crippen LogP contribution in [0.2, 0.25) is 0 Å². The van der Waals surface area contributed by atoms with Gasteiger partial charge >= 0.3 is 6.09 Å². The number of hydrogen-bond donors (Lipinski definition) is 0. The lowest BCUT2D eigenvalue weighted by Gasteiger charge is -2.37. The molecule has 1 heterocycles. The number of carbonyl (C=O) groups excluding carboxylic acids is 1. The Labute approximate surface area is 150 Å². The van der Waals surface area contributed by atoms with E-state index in [9.17, 15) is 13.2 Å². The zero-order chi connectivity index (χ0) is 18.7. The normalized spacial score (nSPS) is 25.5. The van der Waals surface area contributed by atoms with E-state index in [1.54, 1.807) is 4.90 Å². The molecule has 0 spiro atoms. The van der Waals surface area contributed by atoms with Crippen LogP contribution in [0.15, 0.2) is 0 Å². The second-order valence-corrected chi connectivity index (χ2v) is 9.30. The largest absolute Gasteiger partial charge is 0.444 e. The third kappa shape index (κ3) is 7.47. The molecule has 0 radical (unpaired) electrons. The Morgan fingerprint density at radius 1 is 1.08 bits per heavy atom. The molecule has 0 unspecified atom stereocenters. The van der Waals surface area contributed by atoms with Crippen LogP contribution in [0, 0.1) is 0 Å². The molecule has 1 aliphatic carbocycles. The maximum atomic E-state index is 12.0. The minimum absolute atomic E-state index is 0.0785. The minimum atomic E-state index is -3.38. The average Bonchev–Trinajstić information content (AvgIpc) is 2.42. The summed E-state index contributed by atoms with van der Waals surface area (Å²) in [5.74, 6) is 0. The van der Waals surface area contributed by atoms with Crippen molar-refractivity contribution in [1.29, 1.82) is 0 Å². The molecule has 9 heteroatoms. The summed E-state index contributed by atoms with van der Waals surface area (Å²) in [6, 6.07) is 0. The number of piperazine rings is 1. The van der Waals surface area contributed by atoms with Gasteiger partial charge in [0.15, 0.2) is 0 Å². The highest BCUT2D eigenvalue weighted by atomic mass is 32.2. The fourth-order valence-electron chi connectivity index (χ4n) is 2.81. The molecule has 0 aromatic carbocycles. The molecular formula is C16H30N2O6S. The van der Waals surface area contributed by atoms with Gasteiger partial charge in [0.2, 0.25) is 0 Å². The van der Waals surface area contributed by atoms with E-state index in [2.05, 4.69) is 4.90 Å². The van der Waals surface area contributed by atoms with Crippen LogP contribution in [0.1, 0.15) is 33.6 Å². The number of hydrogen-bond acceptors (Lipinski definition) is 7. The van der Waals surface area contributed by atoms with Gasteiger partial charge in [-0.15, -0.1) is 0 Å². The minimum Gasteiger partial charge on any atom is -0.444 e. The van der Waals surface area contributed by atoms with E-state index in [-0.39, 0.29) is 18.3 Å². The maximum absolute atomic E-state index is 12.0. The van der Waals surface area contributed by atoms with Gasteiger partial charge in [-0.1, -0.05) is 0 Å². The van der Waals surface area contributed by atoms with Gasteiger partial charge in [-0.05, 0) is 20.8 Å². The molecule has 8 nitrogen and oxygen atoms in total. The summed E-state index contributed by atoms with van der Waals surface area (Å²) in [6.07, 6.45) is 1.90. The van der Waals surface area contributed by atoms with E-state index in [0.29, 0.717) is 32.5 Å². The third-order valence-corrected chi connectivity index (χ3v) is 4.77. The van der Waals surface area contributed by atoms with Gasteiger partial charge < -0.3 is 14.4 Å². The molecule has 0 aromatic heterocycles. The predicted molar refractivity (Wildman–Crippen MR) is 92.9 cm³/mol. The van der Waals surface area contributed by atoms with Crippen molar-refractivity contribution in [3.63, 3.8) is 0 Å². The Bertz CT molecular complexity index is 545. The van der Waals surface area contributed by atoms with E-state index < -0.39 is 15.7 Å². The summed E-state index contributed by atoms with van der Waals surface area (Å²) in [7, 11) is -3.38. The van der Waals surface area contributed by atoms with Crippen molar-refractivity contribution in [2.45, 2.75) is 51.4 Å². The second kappa shape index (κ2) is 8.20. The van der Waals surface area contributed by atoms with Crippen molar-refractivity contribution in [2.24, 2.45) is 0 Å². The smallest absolute Gasteiger partial charge is 0.410 e. The lowest BCUT2D eigenvalue weighted by atomic mass is 9.92. The topological polar surface area (TPSA) is 85.4 Å². The summed E-state index contributed by atoms with van der Waals surface area (Å²) in [4.78, 5) is 16.0. The van der Waals surface area contributed by atoms with Crippen LogP contribution < -0.4 is 0 Å². The van der Waals surface area contributed by atoms with Gasteiger partial charge in [-0.2, -0.15) is 8.42 Å². The molecule has 2 fully saturated rings. The highest BCUT2D eigenvalue weighted by Crippen LogP contribution is 2.27. The van der Waals surface area contributed by atoms with Crippen molar-refractivity contribution in [1.82, 2.24) is 9.80 Å². The van der Waals surface area contributed by atoms with E-state index in [4.69, 9.17) is 13.7 Å². The van der Waals surface area contributed by atoms with E-state index in [1.165, 1.54) is 0 Å². The number of nitrogens with zero attached hydrogens (tertiary/aromatic N) is 2. The fraction of sp³-hybridized carbons (Fsp3) is 0.938. The number of rotatable bonds is 6. The van der Waals surface area contributed by atoms with Gasteiger partial charge in [0.05, 0.1) is 25.1 Å². The van der Waals surface area contributed by atoms with Crippen molar-refractivity contribution < 1.29 is 26.9 Å². The van der Waals surface area contributed by atoms with Crippen LogP contribution in [0.4, 0.5) is 4.79 Å². The van der Waals surface area contributed by atoms with Gasteiger partial charge in [0.1, 0.15) is 5.60 Å². The Morgan fingerprint density at radius 3 is 2.20 bits per heavy atom. The summed E-state index contributed by atoms with van der Waals surface area (Å²) in [5.41, 5.74) is -0.469. The van der Waals surface area contributed by atoms with E-state index >= 15 is 0 Å². The van der Waals surface area contributed by atoms with Gasteiger partial charge in [0.25, 0.3) is 10.1 Å². The average molecular weight is 378 g/mol. The van der Waals surface area contributed by atoms with Crippen LogP contribution >= 0.6 is 0 Å². The van der Waals surface area contributed by atoms with E-state index in [0.717, 1.165) is 25.9 Å². The molecule has 2 rings (SSSR count). The molecule has 1 saturated heterocycles. The first-order chi connectivity index (χ1) is 11.5. The lowest BCUT2D eigenvalue weighted by Crippen LogP contribution is -2.50. The van der Waals surface area contributed by atoms with Gasteiger partial charge in [-0.3, -0.25) is 9.08 Å². The molecule has 25 heavy (non-hydrogen) atoms. The van der Waals surface area contributed by atoms with Crippen LogP contribution in [0.5, 0.6) is 0 Å². The van der Waals surface area contributed by atoms with Crippen LogP contribution in [0.3, 0.4) is 0 Å². The summed E-state index contributed by atoms with van der Waals surface area (Å²) < 4.78 is 38.0. The first kappa shape index (κ1) is 20.4. The highest BCUT2D eigenvalue weighted by Gasteiger charge is 2.33. The molecule has 0 N–H and O–H groups in total. The van der Waals surface area contributed by atoms with Crippen LogP contribution in [-0.4, -0.2) is 87.7 Å². The summed E-state index contributed by atoms with van der Waals surface area (Å²) in [6.45, 7) is 9.91. The zero-order valence-corrected chi connectivity index (χ0v) is 16.4. The van der Waals surface area contributed by atoms with Crippen LogP contribution in [-0.2, 0) is 23.8 Å². The molecule has 0 bridgehead atoms. The Hall–Kier alpha value is -0.900. The van der Waals surface area contributed by atoms with Crippen molar-refractivity contribution >= 4 is 16.2 Å². The SMILES string of the molecule is CC(C)(C)OC(=O)N1CCN(CCOC2CC(OS(C)(=O)=O)C2)CC1. The van der Waals surface area contributed by atoms with Crippen LogP contribution in [0.25, 0.3) is 0 Å². The monoisotopic (exact) mass is 378 g/mol. The molecule has 2 aliphatic rings.